The van der Waals surface area contributed by atoms with Crippen LogP contribution in [0.4, 0.5) is 0 Å². The standard InChI is InChI=1S/C38H27N3/c1-38(2)33-16-7-5-14-29(33)31-22-37-32(21-34(31)38)30-15-6-8-17-36(30)41(37)27-13-9-12-25(19-27)35-20-28-18-24-10-3-4-11-26(24)23-40(28)39-35/h3-23H,1-2H3. The van der Waals surface area contributed by atoms with Gasteiger partial charge in [-0.25, -0.2) is 4.52 Å². The van der Waals surface area contributed by atoms with Gasteiger partial charge >= 0.3 is 0 Å². The van der Waals surface area contributed by atoms with Crippen molar-refractivity contribution in [3.8, 4) is 28.1 Å². The molecule has 0 unspecified atom stereocenters. The molecule has 41 heavy (non-hydrogen) atoms. The molecule has 0 spiro atoms. The van der Waals surface area contributed by atoms with Crippen LogP contribution in [0.5, 0.6) is 0 Å². The van der Waals surface area contributed by atoms with Crippen molar-refractivity contribution in [2.24, 2.45) is 0 Å². The number of benzene rings is 5. The Hall–Kier alpha value is -5.15. The van der Waals surface area contributed by atoms with Crippen LogP contribution in [0.2, 0.25) is 0 Å². The smallest absolute Gasteiger partial charge is 0.0934 e. The second kappa shape index (κ2) is 7.96. The van der Waals surface area contributed by atoms with E-state index in [0.717, 1.165) is 22.5 Å². The van der Waals surface area contributed by atoms with Gasteiger partial charge in [0.15, 0.2) is 0 Å². The third-order valence-electron chi connectivity index (χ3n) is 9.10. The summed E-state index contributed by atoms with van der Waals surface area (Å²) < 4.78 is 4.42. The van der Waals surface area contributed by atoms with Gasteiger partial charge in [-0.05, 0) is 70.1 Å². The molecule has 0 radical (unpaired) electrons. The van der Waals surface area contributed by atoms with Crippen molar-refractivity contribution >= 4 is 38.1 Å². The third-order valence-corrected chi connectivity index (χ3v) is 9.10. The van der Waals surface area contributed by atoms with Crippen LogP contribution in [0.3, 0.4) is 0 Å². The van der Waals surface area contributed by atoms with Crippen molar-refractivity contribution in [3.63, 3.8) is 0 Å². The molecule has 0 amide bonds. The summed E-state index contributed by atoms with van der Waals surface area (Å²) in [5.41, 5.74) is 12.2. The molecule has 3 nitrogen and oxygen atoms in total. The first-order valence-corrected chi connectivity index (χ1v) is 14.2. The number of hydrogen-bond donors (Lipinski definition) is 0. The summed E-state index contributed by atoms with van der Waals surface area (Å²) in [5, 5.41) is 9.96. The second-order valence-electron chi connectivity index (χ2n) is 11.8. The van der Waals surface area contributed by atoms with E-state index >= 15 is 0 Å². The molecule has 0 bridgehead atoms. The third kappa shape index (κ3) is 3.12. The first kappa shape index (κ1) is 22.6. The van der Waals surface area contributed by atoms with Crippen LogP contribution in [-0.4, -0.2) is 14.2 Å². The van der Waals surface area contributed by atoms with E-state index in [1.54, 1.807) is 0 Å². The SMILES string of the molecule is CC1(C)c2ccccc2-c2cc3c(cc21)c1ccccc1n3-c1cccc(-c2cc3cc4ccccc4cn3n2)c1. The van der Waals surface area contributed by atoms with Crippen molar-refractivity contribution in [3.05, 3.63) is 139 Å². The minimum atomic E-state index is -0.0306. The van der Waals surface area contributed by atoms with Gasteiger partial charge in [-0.15, -0.1) is 0 Å². The lowest BCUT2D eigenvalue weighted by atomic mass is 9.82. The highest BCUT2D eigenvalue weighted by atomic mass is 15.2. The quantitative estimate of drug-likeness (QED) is 0.220. The normalized spacial score (nSPS) is 13.8. The maximum absolute atomic E-state index is 4.98. The molecular weight excluding hydrogens is 498 g/mol. The zero-order chi connectivity index (χ0) is 27.3. The van der Waals surface area contributed by atoms with Crippen LogP contribution in [0.25, 0.3) is 66.2 Å². The Balaban J connectivity index is 1.27. The molecule has 1 aliphatic rings. The summed E-state index contributed by atoms with van der Waals surface area (Å²) in [4.78, 5) is 0. The molecule has 0 atom stereocenters. The topological polar surface area (TPSA) is 22.2 Å². The zero-order valence-electron chi connectivity index (χ0n) is 23.0. The number of aromatic nitrogens is 3. The Bertz CT molecular complexity index is 2300. The fourth-order valence-electron chi connectivity index (χ4n) is 7.06. The van der Waals surface area contributed by atoms with Gasteiger partial charge in [0, 0.05) is 39.0 Å². The average molecular weight is 526 g/mol. The molecule has 0 saturated heterocycles. The van der Waals surface area contributed by atoms with E-state index in [0.29, 0.717) is 0 Å². The molecule has 0 fully saturated rings. The van der Waals surface area contributed by atoms with E-state index < -0.39 is 0 Å². The summed E-state index contributed by atoms with van der Waals surface area (Å²) in [6.45, 7) is 4.70. The van der Waals surface area contributed by atoms with E-state index in [1.165, 1.54) is 54.8 Å². The van der Waals surface area contributed by atoms with Gasteiger partial charge < -0.3 is 4.57 Å². The maximum atomic E-state index is 4.98. The Morgan fingerprint density at radius 2 is 1.39 bits per heavy atom. The molecule has 194 valence electrons. The molecule has 3 heteroatoms. The summed E-state index contributed by atoms with van der Waals surface area (Å²) in [6.07, 6.45) is 2.12. The highest BCUT2D eigenvalue weighted by Crippen LogP contribution is 2.51. The van der Waals surface area contributed by atoms with Crippen molar-refractivity contribution in [2.75, 3.05) is 0 Å². The molecule has 3 aromatic heterocycles. The van der Waals surface area contributed by atoms with Crippen LogP contribution >= 0.6 is 0 Å². The minimum Gasteiger partial charge on any atom is -0.309 e. The first-order valence-electron chi connectivity index (χ1n) is 14.2. The van der Waals surface area contributed by atoms with Gasteiger partial charge in [-0.3, -0.25) is 0 Å². The van der Waals surface area contributed by atoms with Crippen molar-refractivity contribution in [1.29, 1.82) is 0 Å². The fraction of sp³-hybridized carbons (Fsp3) is 0.0789. The second-order valence-corrected chi connectivity index (χ2v) is 11.8. The van der Waals surface area contributed by atoms with E-state index in [2.05, 4.69) is 146 Å². The van der Waals surface area contributed by atoms with Crippen molar-refractivity contribution in [1.82, 2.24) is 14.2 Å². The van der Waals surface area contributed by atoms with Crippen LogP contribution in [0, 0.1) is 0 Å². The van der Waals surface area contributed by atoms with Gasteiger partial charge in [-0.2, -0.15) is 5.10 Å². The molecule has 1 aliphatic carbocycles. The van der Waals surface area contributed by atoms with Crippen LogP contribution in [0.15, 0.2) is 128 Å². The summed E-state index contributed by atoms with van der Waals surface area (Å²) in [7, 11) is 0. The van der Waals surface area contributed by atoms with E-state index in [1.807, 2.05) is 4.52 Å². The van der Waals surface area contributed by atoms with Gasteiger partial charge in [0.05, 0.1) is 22.2 Å². The molecular formula is C38H27N3. The van der Waals surface area contributed by atoms with Crippen molar-refractivity contribution < 1.29 is 0 Å². The molecule has 3 heterocycles. The molecule has 0 N–H and O–H groups in total. The number of hydrogen-bond acceptors (Lipinski definition) is 1. The van der Waals surface area contributed by atoms with Crippen LogP contribution in [0.1, 0.15) is 25.0 Å². The predicted molar refractivity (Wildman–Crippen MR) is 170 cm³/mol. The maximum Gasteiger partial charge on any atom is 0.0934 e. The average Bonchev–Trinajstić information content (AvgIpc) is 3.64. The lowest BCUT2D eigenvalue weighted by Gasteiger charge is -2.21. The lowest BCUT2D eigenvalue weighted by Crippen LogP contribution is -2.14. The Morgan fingerprint density at radius 3 is 2.32 bits per heavy atom. The largest absolute Gasteiger partial charge is 0.309 e. The molecule has 5 aromatic carbocycles. The van der Waals surface area contributed by atoms with Gasteiger partial charge in [0.2, 0.25) is 0 Å². The minimum absolute atomic E-state index is 0.0306. The highest BCUT2D eigenvalue weighted by molar-refractivity contribution is 6.11. The lowest BCUT2D eigenvalue weighted by molar-refractivity contribution is 0.661. The Morgan fingerprint density at radius 1 is 0.585 bits per heavy atom. The Kier molecular flexibility index (Phi) is 4.39. The van der Waals surface area contributed by atoms with Gasteiger partial charge in [0.25, 0.3) is 0 Å². The van der Waals surface area contributed by atoms with Gasteiger partial charge in [0.1, 0.15) is 0 Å². The highest BCUT2D eigenvalue weighted by Gasteiger charge is 2.36. The summed E-state index contributed by atoms with van der Waals surface area (Å²) in [6, 6.07) is 44.2. The van der Waals surface area contributed by atoms with E-state index in [9.17, 15) is 0 Å². The number of fused-ring (bicyclic) bond motifs is 8. The molecule has 8 aromatic rings. The molecule has 0 saturated carbocycles. The van der Waals surface area contributed by atoms with Crippen molar-refractivity contribution in [2.45, 2.75) is 19.3 Å². The number of nitrogens with zero attached hydrogens (tertiary/aromatic N) is 3. The zero-order valence-corrected chi connectivity index (χ0v) is 23.0. The Labute approximate surface area is 237 Å². The van der Waals surface area contributed by atoms with Crippen LogP contribution in [-0.2, 0) is 5.41 Å². The molecule has 0 aliphatic heterocycles. The first-order chi connectivity index (χ1) is 20.1. The predicted octanol–water partition coefficient (Wildman–Crippen LogP) is 9.56. The van der Waals surface area contributed by atoms with E-state index in [4.69, 9.17) is 5.10 Å². The number of rotatable bonds is 2. The number of pyridine rings is 1. The number of para-hydroxylation sites is 1. The van der Waals surface area contributed by atoms with Crippen LogP contribution < -0.4 is 0 Å². The van der Waals surface area contributed by atoms with Gasteiger partial charge in [-0.1, -0.05) is 92.7 Å². The monoisotopic (exact) mass is 525 g/mol. The summed E-state index contributed by atoms with van der Waals surface area (Å²) in [5.74, 6) is 0. The summed E-state index contributed by atoms with van der Waals surface area (Å²) >= 11 is 0. The van der Waals surface area contributed by atoms with E-state index in [-0.39, 0.29) is 5.41 Å². The molecule has 9 rings (SSSR count). The fourth-order valence-corrected chi connectivity index (χ4v) is 7.06.